The van der Waals surface area contributed by atoms with Crippen LogP contribution >= 0.6 is 0 Å². The number of nitrogens with two attached hydrogens (primary N) is 1. The SMILES string of the molecule is CC(C(=O)C(N)C(=O)O)c1ccccc1.O.O. The number of benzene rings is 1. The molecule has 2 unspecified atom stereocenters. The quantitative estimate of drug-likeness (QED) is 0.661. The Morgan fingerprint density at radius 2 is 1.65 bits per heavy atom. The Kier molecular flexibility index (Phi) is 7.78. The molecule has 0 heterocycles. The van der Waals surface area contributed by atoms with Gasteiger partial charge in [0.1, 0.15) is 0 Å². The van der Waals surface area contributed by atoms with Crippen LogP contribution in [-0.4, -0.2) is 33.9 Å². The van der Waals surface area contributed by atoms with Gasteiger partial charge in [-0.15, -0.1) is 0 Å². The number of rotatable bonds is 4. The molecule has 0 aromatic heterocycles. The van der Waals surface area contributed by atoms with E-state index in [1.54, 1.807) is 31.2 Å². The van der Waals surface area contributed by atoms with Gasteiger partial charge < -0.3 is 21.8 Å². The number of carbonyl (C=O) groups is 2. The molecule has 0 aliphatic heterocycles. The maximum Gasteiger partial charge on any atom is 0.328 e. The third-order valence-corrected chi connectivity index (χ3v) is 2.30. The number of carboxylic acid groups (broad SMARTS) is 1. The number of carboxylic acids is 1. The lowest BCUT2D eigenvalue weighted by molar-refractivity contribution is -0.142. The van der Waals surface area contributed by atoms with Crippen molar-refractivity contribution in [1.29, 1.82) is 0 Å². The van der Waals surface area contributed by atoms with E-state index in [0.29, 0.717) is 0 Å². The van der Waals surface area contributed by atoms with Gasteiger partial charge in [-0.2, -0.15) is 0 Å². The van der Waals surface area contributed by atoms with Crippen LogP contribution in [0.15, 0.2) is 30.3 Å². The van der Waals surface area contributed by atoms with E-state index in [4.69, 9.17) is 10.8 Å². The molecule has 0 saturated carbocycles. The van der Waals surface area contributed by atoms with Gasteiger partial charge in [0, 0.05) is 5.92 Å². The van der Waals surface area contributed by atoms with Crippen LogP contribution in [0.25, 0.3) is 0 Å². The van der Waals surface area contributed by atoms with Gasteiger partial charge in [0.2, 0.25) is 0 Å². The second kappa shape index (κ2) is 7.50. The molecule has 17 heavy (non-hydrogen) atoms. The highest BCUT2D eigenvalue weighted by Crippen LogP contribution is 2.16. The lowest BCUT2D eigenvalue weighted by atomic mass is 9.93. The van der Waals surface area contributed by atoms with Gasteiger partial charge in [-0.3, -0.25) is 9.59 Å². The predicted octanol–water partition coefficient (Wildman–Crippen LogP) is -0.878. The van der Waals surface area contributed by atoms with Crippen molar-refractivity contribution >= 4 is 11.8 Å². The number of aliphatic carboxylic acids is 1. The first-order valence-electron chi connectivity index (χ1n) is 4.61. The molecule has 1 aromatic rings. The number of ketones is 1. The third-order valence-electron chi connectivity index (χ3n) is 2.30. The fourth-order valence-electron chi connectivity index (χ4n) is 1.30. The summed E-state index contributed by atoms with van der Waals surface area (Å²) >= 11 is 0. The van der Waals surface area contributed by atoms with Crippen molar-refractivity contribution in [2.45, 2.75) is 18.9 Å². The minimum atomic E-state index is -1.44. The summed E-state index contributed by atoms with van der Waals surface area (Å²) in [6.45, 7) is 1.65. The minimum Gasteiger partial charge on any atom is -0.480 e. The van der Waals surface area contributed by atoms with E-state index in [9.17, 15) is 9.59 Å². The summed E-state index contributed by atoms with van der Waals surface area (Å²) in [5, 5.41) is 8.60. The van der Waals surface area contributed by atoms with Gasteiger partial charge in [0.15, 0.2) is 11.8 Å². The van der Waals surface area contributed by atoms with Crippen LogP contribution in [-0.2, 0) is 9.59 Å². The first-order valence-corrected chi connectivity index (χ1v) is 4.61. The summed E-state index contributed by atoms with van der Waals surface area (Å²) < 4.78 is 0. The summed E-state index contributed by atoms with van der Waals surface area (Å²) in [5.41, 5.74) is 6.03. The number of hydrogen-bond acceptors (Lipinski definition) is 3. The Balaban J connectivity index is 0. The van der Waals surface area contributed by atoms with E-state index < -0.39 is 23.7 Å². The lowest BCUT2D eigenvalue weighted by Gasteiger charge is -2.13. The molecule has 96 valence electrons. The average Bonchev–Trinajstić information content (AvgIpc) is 2.27. The molecular formula is C11H17NO5. The molecule has 6 nitrogen and oxygen atoms in total. The zero-order valence-electron chi connectivity index (χ0n) is 9.38. The summed E-state index contributed by atoms with van der Waals surface area (Å²) in [4.78, 5) is 22.1. The van der Waals surface area contributed by atoms with Crippen LogP contribution in [0.2, 0.25) is 0 Å². The average molecular weight is 243 g/mol. The van der Waals surface area contributed by atoms with Gasteiger partial charge >= 0.3 is 5.97 Å². The van der Waals surface area contributed by atoms with Crippen molar-refractivity contribution in [3.8, 4) is 0 Å². The number of hydrogen-bond donors (Lipinski definition) is 2. The number of carbonyl (C=O) groups excluding carboxylic acids is 1. The Morgan fingerprint density at radius 3 is 2.06 bits per heavy atom. The highest BCUT2D eigenvalue weighted by Gasteiger charge is 2.26. The van der Waals surface area contributed by atoms with Gasteiger partial charge in [0.25, 0.3) is 0 Å². The largest absolute Gasteiger partial charge is 0.480 e. The van der Waals surface area contributed by atoms with Crippen LogP contribution in [0.5, 0.6) is 0 Å². The monoisotopic (exact) mass is 243 g/mol. The highest BCUT2D eigenvalue weighted by molar-refractivity contribution is 6.05. The molecule has 1 aromatic carbocycles. The molecule has 0 amide bonds. The van der Waals surface area contributed by atoms with Gasteiger partial charge in [0.05, 0.1) is 0 Å². The van der Waals surface area contributed by atoms with Crippen LogP contribution in [0.4, 0.5) is 0 Å². The Labute approximate surface area is 98.7 Å². The molecule has 0 aliphatic carbocycles. The summed E-state index contributed by atoms with van der Waals surface area (Å²) in [7, 11) is 0. The smallest absolute Gasteiger partial charge is 0.328 e. The van der Waals surface area contributed by atoms with E-state index in [1.807, 2.05) is 6.07 Å². The van der Waals surface area contributed by atoms with Gasteiger partial charge in [-0.25, -0.2) is 0 Å². The maximum atomic E-state index is 11.6. The number of Topliss-reactive ketones (excluding diaryl/α,β-unsaturated/α-hetero) is 1. The molecular weight excluding hydrogens is 226 g/mol. The maximum absolute atomic E-state index is 11.6. The zero-order valence-corrected chi connectivity index (χ0v) is 9.38. The van der Waals surface area contributed by atoms with Gasteiger partial charge in [-0.1, -0.05) is 37.3 Å². The first-order chi connectivity index (χ1) is 7.04. The Bertz CT molecular complexity index is 365. The molecule has 2 atom stereocenters. The van der Waals surface area contributed by atoms with Gasteiger partial charge in [-0.05, 0) is 5.56 Å². The van der Waals surface area contributed by atoms with E-state index in [-0.39, 0.29) is 11.0 Å². The molecule has 6 heteroatoms. The van der Waals surface area contributed by atoms with E-state index in [0.717, 1.165) is 5.56 Å². The molecule has 0 saturated heterocycles. The van der Waals surface area contributed by atoms with Crippen LogP contribution in [0, 0.1) is 0 Å². The van der Waals surface area contributed by atoms with Crippen LogP contribution in [0.1, 0.15) is 18.4 Å². The Morgan fingerprint density at radius 1 is 1.18 bits per heavy atom. The first kappa shape index (κ1) is 17.6. The topological polar surface area (TPSA) is 143 Å². The van der Waals surface area contributed by atoms with Crippen LogP contribution in [0.3, 0.4) is 0 Å². The summed E-state index contributed by atoms with van der Waals surface area (Å²) in [6, 6.07) is 7.53. The van der Waals surface area contributed by atoms with Crippen molar-refractivity contribution in [1.82, 2.24) is 0 Å². The zero-order chi connectivity index (χ0) is 11.4. The molecule has 0 aliphatic rings. The van der Waals surface area contributed by atoms with Crippen molar-refractivity contribution in [2.24, 2.45) is 5.73 Å². The summed E-state index contributed by atoms with van der Waals surface area (Å²) in [5.74, 6) is -2.26. The predicted molar refractivity (Wildman–Crippen MR) is 62.7 cm³/mol. The molecule has 7 N–H and O–H groups in total. The van der Waals surface area contributed by atoms with Crippen molar-refractivity contribution in [2.75, 3.05) is 0 Å². The third kappa shape index (κ3) is 4.31. The van der Waals surface area contributed by atoms with Crippen LogP contribution < -0.4 is 5.73 Å². The fraction of sp³-hybridized carbons (Fsp3) is 0.273. The second-order valence-corrected chi connectivity index (χ2v) is 3.35. The van der Waals surface area contributed by atoms with Crippen molar-refractivity contribution < 1.29 is 25.6 Å². The van der Waals surface area contributed by atoms with E-state index in [2.05, 4.69) is 0 Å². The van der Waals surface area contributed by atoms with E-state index in [1.165, 1.54) is 0 Å². The fourth-order valence-corrected chi connectivity index (χ4v) is 1.30. The molecule has 0 bridgehead atoms. The van der Waals surface area contributed by atoms with E-state index >= 15 is 0 Å². The Hall–Kier alpha value is -1.76. The molecule has 0 fully saturated rings. The minimum absolute atomic E-state index is 0. The standard InChI is InChI=1S/C11H13NO3.2H2O/c1-7(8-5-3-2-4-6-8)10(13)9(12)11(14)15;;/h2-7,9H,12H2,1H3,(H,14,15);2*1H2. The molecule has 0 spiro atoms. The van der Waals surface area contributed by atoms with Crippen molar-refractivity contribution in [3.05, 3.63) is 35.9 Å². The van der Waals surface area contributed by atoms with Crippen molar-refractivity contribution in [3.63, 3.8) is 0 Å². The second-order valence-electron chi connectivity index (χ2n) is 3.35. The normalized spacial score (nSPS) is 12.6. The lowest BCUT2D eigenvalue weighted by Crippen LogP contribution is -2.40. The molecule has 0 radical (unpaired) electrons. The molecule has 1 rings (SSSR count). The highest BCUT2D eigenvalue weighted by atomic mass is 16.4. The summed E-state index contributed by atoms with van der Waals surface area (Å²) in [6.07, 6.45) is 0.